The Morgan fingerprint density at radius 3 is 1.43 bits per heavy atom. The van der Waals surface area contributed by atoms with Crippen molar-refractivity contribution in [1.82, 2.24) is 4.90 Å². The lowest BCUT2D eigenvalue weighted by molar-refractivity contribution is -0.161. The Kier molecular flexibility index (Phi) is 9.12. The van der Waals surface area contributed by atoms with Crippen molar-refractivity contribution >= 4 is 30.1 Å². The number of carbonyl (C=O) groups is 3. The number of methoxy groups -OCH3 is 1. The van der Waals surface area contributed by atoms with Gasteiger partial charge in [-0.1, -0.05) is 85.0 Å². The van der Waals surface area contributed by atoms with Crippen molar-refractivity contribution in [2.24, 2.45) is 11.8 Å². The highest BCUT2D eigenvalue weighted by Gasteiger charge is 2.67. The fourth-order valence-electron chi connectivity index (χ4n) is 6.08. The van der Waals surface area contributed by atoms with Crippen molar-refractivity contribution < 1.29 is 28.6 Å². The van der Waals surface area contributed by atoms with Crippen LogP contribution in [0.4, 0.5) is 0 Å². The van der Waals surface area contributed by atoms with Crippen LogP contribution >= 0.6 is 0 Å². The number of hydrogen-bond donors (Lipinski definition) is 0. The summed E-state index contributed by atoms with van der Waals surface area (Å²) in [7, 11) is 1.35. The summed E-state index contributed by atoms with van der Waals surface area (Å²) in [6.07, 6.45) is 8.13. The van der Waals surface area contributed by atoms with Crippen molar-refractivity contribution in [3.8, 4) is 0 Å². The van der Waals surface area contributed by atoms with Crippen LogP contribution in [-0.2, 0) is 28.6 Å². The quantitative estimate of drug-likeness (QED) is 0.293. The van der Waals surface area contributed by atoms with Crippen LogP contribution in [0, 0.1) is 11.8 Å². The molecule has 224 valence electrons. The molecule has 2 heterocycles. The summed E-state index contributed by atoms with van der Waals surface area (Å²) in [6.45, 7) is 11.0. The van der Waals surface area contributed by atoms with Crippen LogP contribution in [0.3, 0.4) is 0 Å². The van der Waals surface area contributed by atoms with E-state index >= 15 is 0 Å². The molecule has 0 radical (unpaired) electrons. The molecular weight excluding hydrogens is 530 g/mol. The van der Waals surface area contributed by atoms with E-state index in [0.29, 0.717) is 0 Å². The average Bonchev–Trinajstić information content (AvgIpc) is 3.42. The highest BCUT2D eigenvalue weighted by atomic mass is 16.6. The van der Waals surface area contributed by atoms with Crippen LogP contribution in [0.1, 0.15) is 65.5 Å². The SMILES string of the molecule is COC(=O)C12C[C@@H](C(=O)OC(C)(C)C)[C@@H](/C=C/c3ccccc3)N1[C@H](/C=C/c1ccccc1)[C@H](C(=O)OC(C)(C)C)C2. The number of benzene rings is 2. The largest absolute Gasteiger partial charge is 0.468 e. The molecule has 2 fully saturated rings. The van der Waals surface area contributed by atoms with Gasteiger partial charge >= 0.3 is 17.9 Å². The van der Waals surface area contributed by atoms with E-state index in [2.05, 4.69) is 0 Å². The molecule has 0 amide bonds. The van der Waals surface area contributed by atoms with Gasteiger partial charge in [-0.3, -0.25) is 19.3 Å². The third-order valence-electron chi connectivity index (χ3n) is 7.63. The second-order valence-electron chi connectivity index (χ2n) is 13.1. The number of nitrogens with zero attached hydrogens (tertiary/aromatic N) is 1. The van der Waals surface area contributed by atoms with E-state index in [-0.39, 0.29) is 24.8 Å². The Balaban J connectivity index is 1.86. The number of rotatable bonds is 7. The Hall–Kier alpha value is -3.71. The van der Waals surface area contributed by atoms with E-state index in [4.69, 9.17) is 14.2 Å². The van der Waals surface area contributed by atoms with E-state index in [1.54, 1.807) is 0 Å². The van der Waals surface area contributed by atoms with Gasteiger partial charge in [-0.25, -0.2) is 0 Å². The molecule has 7 heteroatoms. The van der Waals surface area contributed by atoms with Gasteiger partial charge in [-0.15, -0.1) is 0 Å². The van der Waals surface area contributed by atoms with E-state index in [9.17, 15) is 14.4 Å². The average molecular weight is 574 g/mol. The molecule has 2 aliphatic rings. The predicted molar refractivity (Wildman–Crippen MR) is 163 cm³/mol. The number of esters is 3. The minimum absolute atomic E-state index is 0.160. The highest BCUT2D eigenvalue weighted by molar-refractivity contribution is 5.88. The lowest BCUT2D eigenvalue weighted by Crippen LogP contribution is -2.51. The molecule has 0 spiro atoms. The molecule has 7 nitrogen and oxygen atoms in total. The number of carbonyl (C=O) groups excluding carboxylic acids is 3. The standard InChI is InChI=1S/C35H43NO6/c1-33(2,3)41-30(37)26-22-35(32(39)40-7)23-27(31(38)42-34(4,5)6)29(21-19-25-16-12-9-13-17-25)36(35)28(26)20-18-24-14-10-8-11-15-24/h8-21,26-29H,22-23H2,1-7H3/b20-18+,21-19+/t26-,27-,28-,29-/m1/s1. The van der Waals surface area contributed by atoms with Crippen molar-refractivity contribution in [3.63, 3.8) is 0 Å². The molecule has 0 aliphatic carbocycles. The van der Waals surface area contributed by atoms with E-state index in [0.717, 1.165) is 11.1 Å². The minimum Gasteiger partial charge on any atom is -0.468 e. The zero-order valence-corrected chi connectivity index (χ0v) is 25.7. The first-order valence-electron chi connectivity index (χ1n) is 14.5. The van der Waals surface area contributed by atoms with Crippen LogP contribution in [0.15, 0.2) is 72.8 Å². The topological polar surface area (TPSA) is 82.1 Å². The molecule has 2 aromatic carbocycles. The Bertz CT molecular complexity index is 1230. The molecule has 2 aliphatic heterocycles. The van der Waals surface area contributed by atoms with Crippen LogP contribution in [0.2, 0.25) is 0 Å². The first-order valence-corrected chi connectivity index (χ1v) is 14.5. The van der Waals surface area contributed by atoms with E-state index < -0.39 is 46.6 Å². The second-order valence-corrected chi connectivity index (χ2v) is 13.1. The van der Waals surface area contributed by atoms with Gasteiger partial charge in [0.1, 0.15) is 16.7 Å². The normalized spacial score (nSPS) is 24.1. The maximum Gasteiger partial charge on any atom is 0.326 e. The summed E-state index contributed by atoms with van der Waals surface area (Å²) in [5.74, 6) is -2.56. The van der Waals surface area contributed by atoms with E-state index in [1.165, 1.54) is 7.11 Å². The van der Waals surface area contributed by atoms with Crippen molar-refractivity contribution in [3.05, 3.63) is 83.9 Å². The molecule has 4 rings (SSSR count). The summed E-state index contributed by atoms with van der Waals surface area (Å²) < 4.78 is 17.1. The van der Waals surface area contributed by atoms with Gasteiger partial charge in [-0.05, 0) is 65.5 Å². The van der Waals surface area contributed by atoms with Gasteiger partial charge in [0.05, 0.1) is 18.9 Å². The first-order chi connectivity index (χ1) is 19.7. The lowest BCUT2D eigenvalue weighted by Gasteiger charge is -2.35. The molecule has 0 unspecified atom stereocenters. The monoisotopic (exact) mass is 573 g/mol. The predicted octanol–water partition coefficient (Wildman–Crippen LogP) is 6.09. The van der Waals surface area contributed by atoms with Gasteiger partial charge in [0, 0.05) is 12.1 Å². The fourth-order valence-corrected chi connectivity index (χ4v) is 6.08. The lowest BCUT2D eigenvalue weighted by atomic mass is 9.84. The van der Waals surface area contributed by atoms with Crippen LogP contribution in [-0.4, -0.2) is 58.7 Å². The molecule has 2 saturated heterocycles. The molecule has 42 heavy (non-hydrogen) atoms. The van der Waals surface area contributed by atoms with Crippen molar-refractivity contribution in [1.29, 1.82) is 0 Å². The summed E-state index contributed by atoms with van der Waals surface area (Å²) in [4.78, 5) is 43.2. The Morgan fingerprint density at radius 2 is 1.10 bits per heavy atom. The Labute approximate surface area is 249 Å². The summed E-state index contributed by atoms with van der Waals surface area (Å²) >= 11 is 0. The fraction of sp³-hybridized carbons (Fsp3) is 0.457. The number of hydrogen-bond acceptors (Lipinski definition) is 7. The maximum absolute atomic E-state index is 13.7. The van der Waals surface area contributed by atoms with Gasteiger partial charge in [0.25, 0.3) is 0 Å². The van der Waals surface area contributed by atoms with Crippen molar-refractivity contribution in [2.75, 3.05) is 7.11 Å². The van der Waals surface area contributed by atoms with Gasteiger partial charge in [0.15, 0.2) is 0 Å². The van der Waals surface area contributed by atoms with Crippen LogP contribution < -0.4 is 0 Å². The Morgan fingerprint density at radius 1 is 0.714 bits per heavy atom. The van der Waals surface area contributed by atoms with E-state index in [1.807, 2.05) is 131 Å². The van der Waals surface area contributed by atoms with Gasteiger partial charge < -0.3 is 14.2 Å². The first kappa shape index (κ1) is 31.2. The number of ether oxygens (including phenoxy) is 3. The third kappa shape index (κ3) is 7.01. The van der Waals surface area contributed by atoms with Gasteiger partial charge in [0.2, 0.25) is 0 Å². The summed E-state index contributed by atoms with van der Waals surface area (Å²) in [6, 6.07) is 18.5. The molecule has 0 N–H and O–H groups in total. The molecule has 2 aromatic rings. The second kappa shape index (κ2) is 12.3. The van der Waals surface area contributed by atoms with Gasteiger partial charge in [-0.2, -0.15) is 0 Å². The molecule has 4 atom stereocenters. The molecule has 0 aromatic heterocycles. The zero-order valence-electron chi connectivity index (χ0n) is 25.7. The molecule has 0 bridgehead atoms. The zero-order chi connectivity index (χ0) is 30.7. The minimum atomic E-state index is -1.23. The smallest absolute Gasteiger partial charge is 0.326 e. The van der Waals surface area contributed by atoms with Crippen LogP contribution in [0.5, 0.6) is 0 Å². The third-order valence-corrected chi connectivity index (χ3v) is 7.63. The highest BCUT2D eigenvalue weighted by Crippen LogP contribution is 2.53. The van der Waals surface area contributed by atoms with Crippen LogP contribution in [0.25, 0.3) is 12.2 Å². The van der Waals surface area contributed by atoms with Crippen molar-refractivity contribution in [2.45, 2.75) is 83.2 Å². The number of fused-ring (bicyclic) bond motifs is 1. The molecule has 0 saturated carbocycles. The summed E-state index contributed by atoms with van der Waals surface area (Å²) in [5, 5.41) is 0. The summed E-state index contributed by atoms with van der Waals surface area (Å²) in [5.41, 5.74) is -0.732. The maximum atomic E-state index is 13.7. The molecular formula is C35H43NO6.